The molecule has 5 heteroatoms. The molecule has 0 aromatic carbocycles. The van der Waals surface area contributed by atoms with E-state index in [0.717, 1.165) is 0 Å². The van der Waals surface area contributed by atoms with Gasteiger partial charge in [0.05, 0.1) is 12.8 Å². The molecule has 0 saturated heterocycles. The minimum Gasteiger partial charge on any atom is -0.384 e. The van der Waals surface area contributed by atoms with Crippen LogP contribution in [0.25, 0.3) is 0 Å². The second kappa shape index (κ2) is 4.38. The fourth-order valence-electron chi connectivity index (χ4n) is 0.837. The van der Waals surface area contributed by atoms with E-state index in [9.17, 15) is 4.79 Å². The third-order valence-electron chi connectivity index (χ3n) is 1.52. The number of nitrogens with one attached hydrogen (secondary N) is 1. The normalized spacial score (nSPS) is 9.54. The first kappa shape index (κ1) is 9.42. The van der Waals surface area contributed by atoms with Crippen LogP contribution in [0.5, 0.6) is 0 Å². The average molecular weight is 179 g/mol. The summed E-state index contributed by atoms with van der Waals surface area (Å²) in [6.07, 6.45) is 1.81. The van der Waals surface area contributed by atoms with Crippen molar-refractivity contribution in [3.05, 3.63) is 27.9 Å². The third-order valence-corrected chi connectivity index (χ3v) is 1.52. The van der Waals surface area contributed by atoms with Crippen LogP contribution in [-0.2, 0) is 11.2 Å². The summed E-state index contributed by atoms with van der Waals surface area (Å²) in [5.74, 6) is 0.533. The number of nitrogens with zero attached hydrogens (tertiary/aromatic N) is 2. The van der Waals surface area contributed by atoms with Gasteiger partial charge in [-0.3, -0.25) is 4.79 Å². The van der Waals surface area contributed by atoms with Crippen LogP contribution in [-0.4, -0.2) is 23.7 Å². The molecular formula is C8H9N3O2. The highest BCUT2D eigenvalue weighted by Crippen LogP contribution is 1.89. The van der Waals surface area contributed by atoms with E-state index in [0.29, 0.717) is 18.9 Å². The molecule has 13 heavy (non-hydrogen) atoms. The molecule has 0 aliphatic heterocycles. The molecule has 0 aliphatic carbocycles. The lowest BCUT2D eigenvalue weighted by Crippen LogP contribution is -2.15. The standard InChI is InChI=1S/C8H9N3O2/c1-13-3-2-7-10-5-6(4-9)8(12)11-7/h5H,2-3H2,1H3,(H,10,11,12). The first-order valence-corrected chi connectivity index (χ1v) is 3.75. The first-order valence-electron chi connectivity index (χ1n) is 3.75. The number of hydrogen-bond acceptors (Lipinski definition) is 4. The van der Waals surface area contributed by atoms with E-state index in [1.54, 1.807) is 13.2 Å². The maximum atomic E-state index is 11.1. The highest BCUT2D eigenvalue weighted by atomic mass is 16.5. The average Bonchev–Trinajstić information content (AvgIpc) is 2.15. The van der Waals surface area contributed by atoms with Gasteiger partial charge in [0.25, 0.3) is 5.56 Å². The van der Waals surface area contributed by atoms with Crippen LogP contribution >= 0.6 is 0 Å². The zero-order chi connectivity index (χ0) is 9.68. The van der Waals surface area contributed by atoms with Crippen LogP contribution in [0.15, 0.2) is 11.0 Å². The second-order valence-electron chi connectivity index (χ2n) is 2.43. The van der Waals surface area contributed by atoms with Crippen molar-refractivity contribution in [2.24, 2.45) is 0 Å². The zero-order valence-electron chi connectivity index (χ0n) is 7.20. The number of aromatic nitrogens is 2. The summed E-state index contributed by atoms with van der Waals surface area (Å²) < 4.78 is 4.82. The topological polar surface area (TPSA) is 78.8 Å². The maximum Gasteiger partial charge on any atom is 0.268 e. The number of hydrogen-bond donors (Lipinski definition) is 1. The molecule has 1 aromatic heterocycles. The largest absolute Gasteiger partial charge is 0.384 e. The first-order chi connectivity index (χ1) is 6.27. The van der Waals surface area contributed by atoms with Crippen LogP contribution in [0, 0.1) is 11.3 Å². The Morgan fingerprint density at radius 3 is 3.08 bits per heavy atom. The summed E-state index contributed by atoms with van der Waals surface area (Å²) in [6.45, 7) is 0.495. The van der Waals surface area contributed by atoms with Crippen molar-refractivity contribution >= 4 is 0 Å². The molecule has 0 radical (unpaired) electrons. The Kier molecular flexibility index (Phi) is 3.17. The lowest BCUT2D eigenvalue weighted by Gasteiger charge is -1.98. The highest BCUT2D eigenvalue weighted by molar-refractivity contribution is 5.21. The van der Waals surface area contributed by atoms with Crippen molar-refractivity contribution < 1.29 is 4.74 Å². The Labute approximate surface area is 75.0 Å². The van der Waals surface area contributed by atoms with Gasteiger partial charge in [-0.05, 0) is 0 Å². The predicted octanol–water partition coefficient (Wildman–Crippen LogP) is -0.170. The van der Waals surface area contributed by atoms with E-state index in [4.69, 9.17) is 10.00 Å². The number of aromatic amines is 1. The van der Waals surface area contributed by atoms with Crippen molar-refractivity contribution in [1.29, 1.82) is 5.26 Å². The van der Waals surface area contributed by atoms with Gasteiger partial charge >= 0.3 is 0 Å². The molecule has 0 atom stereocenters. The summed E-state index contributed by atoms with van der Waals surface area (Å²) in [5, 5.41) is 8.45. The number of ether oxygens (including phenoxy) is 1. The van der Waals surface area contributed by atoms with E-state index >= 15 is 0 Å². The van der Waals surface area contributed by atoms with Gasteiger partial charge in [0, 0.05) is 13.5 Å². The van der Waals surface area contributed by atoms with Crippen molar-refractivity contribution in [1.82, 2.24) is 9.97 Å². The Morgan fingerprint density at radius 1 is 1.77 bits per heavy atom. The lowest BCUT2D eigenvalue weighted by atomic mass is 10.3. The molecule has 1 N–H and O–H groups in total. The fraction of sp³-hybridized carbons (Fsp3) is 0.375. The molecule has 0 spiro atoms. The molecule has 0 saturated carbocycles. The van der Waals surface area contributed by atoms with Crippen LogP contribution < -0.4 is 5.56 Å². The van der Waals surface area contributed by atoms with E-state index < -0.39 is 5.56 Å². The van der Waals surface area contributed by atoms with Gasteiger partial charge in [-0.2, -0.15) is 5.26 Å². The minimum atomic E-state index is -0.399. The third kappa shape index (κ3) is 2.39. The summed E-state index contributed by atoms with van der Waals surface area (Å²) in [6, 6.07) is 1.74. The molecule has 0 fully saturated rings. The van der Waals surface area contributed by atoms with Crippen molar-refractivity contribution in [2.45, 2.75) is 6.42 Å². The molecule has 1 aromatic rings. The fourth-order valence-corrected chi connectivity index (χ4v) is 0.837. The quantitative estimate of drug-likeness (QED) is 0.698. The molecule has 5 nitrogen and oxygen atoms in total. The molecule has 1 heterocycles. The van der Waals surface area contributed by atoms with Gasteiger partial charge in [0.1, 0.15) is 17.5 Å². The highest BCUT2D eigenvalue weighted by Gasteiger charge is 2.00. The minimum absolute atomic E-state index is 0.0289. The molecule has 1 rings (SSSR count). The van der Waals surface area contributed by atoms with Crippen molar-refractivity contribution in [3.63, 3.8) is 0 Å². The summed E-state index contributed by atoms with van der Waals surface area (Å²) in [4.78, 5) is 17.5. The monoisotopic (exact) mass is 179 g/mol. The van der Waals surface area contributed by atoms with Gasteiger partial charge in [-0.15, -0.1) is 0 Å². The van der Waals surface area contributed by atoms with Crippen LogP contribution in [0.4, 0.5) is 0 Å². The van der Waals surface area contributed by atoms with E-state index in [-0.39, 0.29) is 5.56 Å². The molecule has 0 aliphatic rings. The maximum absolute atomic E-state index is 11.1. The number of rotatable bonds is 3. The van der Waals surface area contributed by atoms with Gasteiger partial charge in [-0.25, -0.2) is 4.98 Å². The molecule has 0 amide bonds. The van der Waals surface area contributed by atoms with Crippen LogP contribution in [0.1, 0.15) is 11.4 Å². The Hall–Kier alpha value is -1.67. The summed E-state index contributed by atoms with van der Waals surface area (Å²) in [5.41, 5.74) is -0.371. The van der Waals surface area contributed by atoms with Crippen LogP contribution in [0.2, 0.25) is 0 Å². The zero-order valence-corrected chi connectivity index (χ0v) is 7.20. The van der Waals surface area contributed by atoms with Gasteiger partial charge in [-0.1, -0.05) is 0 Å². The summed E-state index contributed by atoms with van der Waals surface area (Å²) in [7, 11) is 1.57. The SMILES string of the molecule is COCCc1ncc(C#N)c(=O)[nH]1. The van der Waals surface area contributed by atoms with E-state index in [1.165, 1.54) is 6.20 Å². The molecular weight excluding hydrogens is 170 g/mol. The Bertz CT molecular complexity index is 378. The molecule has 68 valence electrons. The number of H-pyrrole nitrogens is 1. The van der Waals surface area contributed by atoms with Gasteiger partial charge < -0.3 is 9.72 Å². The van der Waals surface area contributed by atoms with Gasteiger partial charge in [0.2, 0.25) is 0 Å². The Morgan fingerprint density at radius 2 is 2.54 bits per heavy atom. The molecule has 0 bridgehead atoms. The molecule has 0 unspecified atom stereocenters. The Balaban J connectivity index is 2.85. The van der Waals surface area contributed by atoms with Crippen molar-refractivity contribution in [3.8, 4) is 6.07 Å². The smallest absolute Gasteiger partial charge is 0.268 e. The van der Waals surface area contributed by atoms with Gasteiger partial charge in [0.15, 0.2) is 0 Å². The lowest BCUT2D eigenvalue weighted by molar-refractivity contribution is 0.200. The number of methoxy groups -OCH3 is 1. The second-order valence-corrected chi connectivity index (χ2v) is 2.43. The van der Waals surface area contributed by atoms with E-state index in [2.05, 4.69) is 9.97 Å². The van der Waals surface area contributed by atoms with Crippen LogP contribution in [0.3, 0.4) is 0 Å². The van der Waals surface area contributed by atoms with E-state index in [1.807, 2.05) is 0 Å². The summed E-state index contributed by atoms with van der Waals surface area (Å²) >= 11 is 0. The number of nitriles is 1. The van der Waals surface area contributed by atoms with Crippen molar-refractivity contribution in [2.75, 3.05) is 13.7 Å². The predicted molar refractivity (Wildman–Crippen MR) is 45.2 cm³/mol.